The Labute approximate surface area is 89.7 Å². The summed E-state index contributed by atoms with van der Waals surface area (Å²) in [5.74, 6) is 0.516. The minimum Gasteiger partial charge on any atom is -0.472 e. The van der Waals surface area contributed by atoms with E-state index in [1.807, 2.05) is 24.0 Å². The van der Waals surface area contributed by atoms with Gasteiger partial charge in [0.05, 0.1) is 18.7 Å². The second kappa shape index (κ2) is 3.93. The van der Waals surface area contributed by atoms with Gasteiger partial charge in [-0.2, -0.15) is 5.10 Å². The topological polar surface area (TPSA) is 31.0 Å². The van der Waals surface area contributed by atoms with E-state index in [9.17, 15) is 0 Å². The van der Waals surface area contributed by atoms with Crippen molar-refractivity contribution in [2.75, 3.05) is 0 Å². The second-order valence-corrected chi connectivity index (χ2v) is 3.89. The van der Waals surface area contributed by atoms with Crippen LogP contribution in [-0.4, -0.2) is 9.78 Å². The van der Waals surface area contributed by atoms with Crippen molar-refractivity contribution in [3.63, 3.8) is 0 Å². The standard InChI is InChI=1S/C12H16N2O/c1-4-9(2)12-11(7-13-14(12)3)10-5-6-15-8-10/h5-9H,4H2,1-3H3. The Morgan fingerprint density at radius 1 is 1.53 bits per heavy atom. The molecule has 1 unspecified atom stereocenters. The first-order chi connectivity index (χ1) is 7.24. The lowest BCUT2D eigenvalue weighted by Crippen LogP contribution is -2.02. The Kier molecular flexibility index (Phi) is 2.62. The third kappa shape index (κ3) is 1.69. The molecule has 0 saturated carbocycles. The zero-order chi connectivity index (χ0) is 10.8. The molecular weight excluding hydrogens is 188 g/mol. The molecule has 0 aliphatic heterocycles. The van der Waals surface area contributed by atoms with Crippen LogP contribution in [-0.2, 0) is 7.05 Å². The Morgan fingerprint density at radius 3 is 2.93 bits per heavy atom. The van der Waals surface area contributed by atoms with Crippen LogP contribution in [0, 0.1) is 0 Å². The number of hydrogen-bond donors (Lipinski definition) is 0. The zero-order valence-corrected chi connectivity index (χ0v) is 9.40. The van der Waals surface area contributed by atoms with E-state index in [-0.39, 0.29) is 0 Å². The van der Waals surface area contributed by atoms with Crippen molar-refractivity contribution >= 4 is 0 Å². The smallest absolute Gasteiger partial charge is 0.0982 e. The number of hydrogen-bond acceptors (Lipinski definition) is 2. The molecule has 0 radical (unpaired) electrons. The first-order valence-corrected chi connectivity index (χ1v) is 5.28. The van der Waals surface area contributed by atoms with Gasteiger partial charge >= 0.3 is 0 Å². The lowest BCUT2D eigenvalue weighted by molar-refractivity contribution is 0.568. The minimum absolute atomic E-state index is 0.516. The van der Waals surface area contributed by atoms with Crippen molar-refractivity contribution in [1.29, 1.82) is 0 Å². The van der Waals surface area contributed by atoms with Crippen molar-refractivity contribution in [3.05, 3.63) is 30.5 Å². The van der Waals surface area contributed by atoms with Crippen LogP contribution >= 0.6 is 0 Å². The molecule has 3 nitrogen and oxygen atoms in total. The van der Waals surface area contributed by atoms with Crippen LogP contribution in [0.2, 0.25) is 0 Å². The van der Waals surface area contributed by atoms with Crippen LogP contribution in [0.1, 0.15) is 31.9 Å². The van der Waals surface area contributed by atoms with Crippen LogP contribution in [0.3, 0.4) is 0 Å². The lowest BCUT2D eigenvalue weighted by Gasteiger charge is -2.11. The van der Waals surface area contributed by atoms with Gasteiger partial charge in [0.2, 0.25) is 0 Å². The van der Waals surface area contributed by atoms with E-state index in [4.69, 9.17) is 4.42 Å². The van der Waals surface area contributed by atoms with Gasteiger partial charge in [0.25, 0.3) is 0 Å². The van der Waals surface area contributed by atoms with Gasteiger partial charge in [-0.05, 0) is 18.4 Å². The average molecular weight is 204 g/mol. The number of furan rings is 1. The molecule has 0 spiro atoms. The predicted octanol–water partition coefficient (Wildman–Crippen LogP) is 3.19. The largest absolute Gasteiger partial charge is 0.472 e. The first kappa shape index (κ1) is 10.0. The quantitative estimate of drug-likeness (QED) is 0.768. The molecule has 80 valence electrons. The predicted molar refractivity (Wildman–Crippen MR) is 59.6 cm³/mol. The van der Waals surface area contributed by atoms with Gasteiger partial charge in [0.1, 0.15) is 0 Å². The molecule has 0 bridgehead atoms. The van der Waals surface area contributed by atoms with Gasteiger partial charge < -0.3 is 4.42 Å². The summed E-state index contributed by atoms with van der Waals surface area (Å²) < 4.78 is 7.06. The molecule has 1 atom stereocenters. The fourth-order valence-electron chi connectivity index (χ4n) is 1.86. The summed E-state index contributed by atoms with van der Waals surface area (Å²) in [5, 5.41) is 4.32. The molecule has 0 aliphatic rings. The van der Waals surface area contributed by atoms with Crippen LogP contribution in [0.25, 0.3) is 11.1 Å². The average Bonchev–Trinajstić information content (AvgIpc) is 2.85. The molecule has 0 amide bonds. The highest BCUT2D eigenvalue weighted by molar-refractivity contribution is 5.64. The number of nitrogens with zero attached hydrogens (tertiary/aromatic N) is 2. The fourth-order valence-corrected chi connectivity index (χ4v) is 1.86. The number of aromatic nitrogens is 2. The third-order valence-electron chi connectivity index (χ3n) is 2.90. The van der Waals surface area contributed by atoms with Gasteiger partial charge in [0.15, 0.2) is 0 Å². The summed E-state index contributed by atoms with van der Waals surface area (Å²) in [6.45, 7) is 4.41. The molecule has 0 fully saturated rings. The maximum atomic E-state index is 5.11. The van der Waals surface area contributed by atoms with Crippen LogP contribution < -0.4 is 0 Å². The Morgan fingerprint density at radius 2 is 2.33 bits per heavy atom. The van der Waals surface area contributed by atoms with Gasteiger partial charge in [-0.15, -0.1) is 0 Å². The zero-order valence-electron chi connectivity index (χ0n) is 9.40. The summed E-state index contributed by atoms with van der Waals surface area (Å²) in [4.78, 5) is 0. The summed E-state index contributed by atoms with van der Waals surface area (Å²) >= 11 is 0. The van der Waals surface area contributed by atoms with Gasteiger partial charge in [0, 0.05) is 23.9 Å². The monoisotopic (exact) mass is 204 g/mol. The second-order valence-electron chi connectivity index (χ2n) is 3.89. The van der Waals surface area contributed by atoms with E-state index < -0.39 is 0 Å². The van der Waals surface area contributed by atoms with Crippen LogP contribution in [0.4, 0.5) is 0 Å². The summed E-state index contributed by atoms with van der Waals surface area (Å²) in [6, 6.07) is 1.98. The molecule has 2 aromatic heterocycles. The van der Waals surface area contributed by atoms with Crippen molar-refractivity contribution in [2.45, 2.75) is 26.2 Å². The molecule has 0 aliphatic carbocycles. The minimum atomic E-state index is 0.516. The Hall–Kier alpha value is -1.51. The highest BCUT2D eigenvalue weighted by Crippen LogP contribution is 2.30. The summed E-state index contributed by atoms with van der Waals surface area (Å²) in [6.07, 6.45) is 6.49. The van der Waals surface area contributed by atoms with Crippen molar-refractivity contribution in [1.82, 2.24) is 9.78 Å². The van der Waals surface area contributed by atoms with E-state index in [0.717, 1.165) is 12.0 Å². The number of aryl methyl sites for hydroxylation is 1. The van der Waals surface area contributed by atoms with Gasteiger partial charge in [-0.3, -0.25) is 4.68 Å². The van der Waals surface area contributed by atoms with Crippen molar-refractivity contribution < 1.29 is 4.42 Å². The molecule has 0 aromatic carbocycles. The lowest BCUT2D eigenvalue weighted by atomic mass is 9.98. The summed E-state index contributed by atoms with van der Waals surface area (Å²) in [5.41, 5.74) is 3.57. The fraction of sp³-hybridized carbons (Fsp3) is 0.417. The summed E-state index contributed by atoms with van der Waals surface area (Å²) in [7, 11) is 1.99. The maximum Gasteiger partial charge on any atom is 0.0982 e. The van der Waals surface area contributed by atoms with E-state index in [2.05, 4.69) is 18.9 Å². The molecule has 2 aromatic rings. The molecule has 2 rings (SSSR count). The Bertz CT molecular complexity index is 428. The Balaban J connectivity index is 2.49. The van der Waals surface area contributed by atoms with E-state index in [0.29, 0.717) is 5.92 Å². The van der Waals surface area contributed by atoms with E-state index in [1.54, 1.807) is 12.5 Å². The highest BCUT2D eigenvalue weighted by atomic mass is 16.3. The highest BCUT2D eigenvalue weighted by Gasteiger charge is 2.15. The van der Waals surface area contributed by atoms with Crippen molar-refractivity contribution in [2.24, 2.45) is 7.05 Å². The molecule has 0 saturated heterocycles. The van der Waals surface area contributed by atoms with Crippen LogP contribution in [0.15, 0.2) is 29.2 Å². The molecule has 15 heavy (non-hydrogen) atoms. The molecular formula is C12H16N2O. The first-order valence-electron chi connectivity index (χ1n) is 5.28. The number of rotatable bonds is 3. The van der Waals surface area contributed by atoms with E-state index in [1.165, 1.54) is 11.3 Å². The molecule has 3 heteroatoms. The van der Waals surface area contributed by atoms with Gasteiger partial charge in [-0.1, -0.05) is 13.8 Å². The van der Waals surface area contributed by atoms with E-state index >= 15 is 0 Å². The van der Waals surface area contributed by atoms with Gasteiger partial charge in [-0.25, -0.2) is 0 Å². The van der Waals surface area contributed by atoms with Crippen molar-refractivity contribution in [3.8, 4) is 11.1 Å². The maximum absolute atomic E-state index is 5.11. The molecule has 0 N–H and O–H groups in total. The SMILES string of the molecule is CCC(C)c1c(-c2ccoc2)cnn1C. The third-order valence-corrected chi connectivity index (χ3v) is 2.90. The van der Waals surface area contributed by atoms with Crippen LogP contribution in [0.5, 0.6) is 0 Å². The normalized spacial score (nSPS) is 13.0. The molecule has 2 heterocycles.